The first-order valence-corrected chi connectivity index (χ1v) is 7.39. The molecule has 0 bridgehead atoms. The smallest absolute Gasteiger partial charge is 0.333 e. The van der Waals surface area contributed by atoms with Crippen LogP contribution in [0.1, 0.15) is 33.6 Å². The number of ether oxygens (including phenoxy) is 2. The number of hydrogen-bond acceptors (Lipinski definition) is 5. The molecule has 1 rings (SSSR count). The van der Waals surface area contributed by atoms with Crippen molar-refractivity contribution in [2.75, 3.05) is 13.2 Å². The number of carbonyl (C=O) groups is 3. The molecular formula is C17H24O7. The summed E-state index contributed by atoms with van der Waals surface area (Å²) >= 11 is 0. The average Bonchev–Trinajstić information content (AvgIpc) is 3.33. The van der Waals surface area contributed by atoms with Gasteiger partial charge in [0, 0.05) is 16.7 Å². The first kappa shape index (κ1) is 21.6. The zero-order chi connectivity index (χ0) is 18.7. The van der Waals surface area contributed by atoms with Crippen LogP contribution in [0.5, 0.6) is 0 Å². The maximum atomic E-state index is 10.7. The second kappa shape index (κ2) is 11.2. The van der Waals surface area contributed by atoms with Gasteiger partial charge in [0.25, 0.3) is 0 Å². The molecule has 1 fully saturated rings. The zero-order valence-corrected chi connectivity index (χ0v) is 14.2. The number of hydrogen-bond donors (Lipinski definition) is 2. The van der Waals surface area contributed by atoms with Crippen LogP contribution in [0.2, 0.25) is 0 Å². The van der Waals surface area contributed by atoms with Gasteiger partial charge in [0.2, 0.25) is 0 Å². The van der Waals surface area contributed by atoms with Crippen molar-refractivity contribution in [3.05, 3.63) is 35.5 Å². The van der Waals surface area contributed by atoms with E-state index in [1.807, 2.05) is 0 Å². The van der Waals surface area contributed by atoms with Crippen molar-refractivity contribution in [3.8, 4) is 0 Å². The topological polar surface area (TPSA) is 113 Å². The van der Waals surface area contributed by atoms with E-state index in [1.165, 1.54) is 13.8 Å². The van der Waals surface area contributed by atoms with Crippen molar-refractivity contribution in [2.24, 2.45) is 0 Å². The largest absolute Gasteiger partial charge is 0.478 e. The molecule has 134 valence electrons. The third-order valence-electron chi connectivity index (χ3n) is 2.89. The van der Waals surface area contributed by atoms with Crippen molar-refractivity contribution in [2.45, 2.75) is 39.7 Å². The molecule has 2 N–H and O–H groups in total. The summed E-state index contributed by atoms with van der Waals surface area (Å²) in [5, 5.41) is 17.0. The summed E-state index contributed by atoms with van der Waals surface area (Å²) in [6.07, 6.45) is 4.39. The van der Waals surface area contributed by atoms with Crippen molar-refractivity contribution < 1.29 is 34.1 Å². The third kappa shape index (κ3) is 11.2. The fourth-order valence-electron chi connectivity index (χ4n) is 1.23. The van der Waals surface area contributed by atoms with E-state index in [1.54, 1.807) is 19.1 Å². The van der Waals surface area contributed by atoms with Gasteiger partial charge < -0.3 is 19.7 Å². The van der Waals surface area contributed by atoms with Crippen LogP contribution in [-0.2, 0) is 23.9 Å². The highest BCUT2D eigenvalue weighted by Gasteiger charge is 2.24. The Hall–Kier alpha value is -2.41. The van der Waals surface area contributed by atoms with E-state index in [4.69, 9.17) is 19.7 Å². The molecule has 0 aromatic carbocycles. The number of epoxide rings is 1. The number of carbonyl (C=O) groups excluding carboxylic acids is 1. The van der Waals surface area contributed by atoms with Crippen LogP contribution in [0.4, 0.5) is 0 Å². The molecule has 1 heterocycles. The third-order valence-corrected chi connectivity index (χ3v) is 2.89. The molecular weight excluding hydrogens is 316 g/mol. The van der Waals surface area contributed by atoms with Crippen molar-refractivity contribution >= 4 is 17.9 Å². The van der Waals surface area contributed by atoms with Gasteiger partial charge in [-0.05, 0) is 33.6 Å². The number of unbranched alkanes of at least 4 members (excludes halogenated alkanes) is 1. The minimum atomic E-state index is -0.941. The summed E-state index contributed by atoms with van der Waals surface area (Å²) in [5.74, 6) is -2.22. The SMILES string of the molecule is C=C(C)C(=O)OCC1CO1.CC(=CCCC=C(C)C(=O)O)C(=O)O. The minimum Gasteiger partial charge on any atom is -0.478 e. The normalized spacial score (nSPS) is 16.5. The van der Waals surface area contributed by atoms with Gasteiger partial charge in [-0.1, -0.05) is 18.7 Å². The number of carboxylic acids is 2. The highest BCUT2D eigenvalue weighted by molar-refractivity contribution is 5.87. The van der Waals surface area contributed by atoms with E-state index in [-0.39, 0.29) is 23.2 Å². The summed E-state index contributed by atoms with van der Waals surface area (Å²) in [6, 6.07) is 0. The number of carboxylic acid groups (broad SMARTS) is 2. The van der Waals surface area contributed by atoms with E-state index < -0.39 is 11.9 Å². The van der Waals surface area contributed by atoms with Gasteiger partial charge in [-0.3, -0.25) is 0 Å². The molecule has 0 spiro atoms. The maximum Gasteiger partial charge on any atom is 0.333 e. The Labute approximate surface area is 141 Å². The quantitative estimate of drug-likeness (QED) is 0.302. The van der Waals surface area contributed by atoms with Crippen molar-refractivity contribution in [3.63, 3.8) is 0 Å². The second-order valence-electron chi connectivity index (χ2n) is 5.30. The van der Waals surface area contributed by atoms with Crippen LogP contribution in [-0.4, -0.2) is 47.4 Å². The second-order valence-corrected chi connectivity index (χ2v) is 5.30. The van der Waals surface area contributed by atoms with E-state index >= 15 is 0 Å². The van der Waals surface area contributed by atoms with Gasteiger partial charge in [0.1, 0.15) is 12.7 Å². The fourth-order valence-corrected chi connectivity index (χ4v) is 1.23. The Morgan fingerprint density at radius 2 is 1.50 bits per heavy atom. The Bertz CT molecular complexity index is 509. The predicted octanol–water partition coefficient (Wildman–Crippen LogP) is 2.33. The Balaban J connectivity index is 0.000000463. The van der Waals surface area contributed by atoms with Gasteiger partial charge in [0.15, 0.2) is 0 Å². The molecule has 1 atom stereocenters. The Morgan fingerprint density at radius 3 is 1.79 bits per heavy atom. The molecule has 0 radical (unpaired) electrons. The number of allylic oxidation sites excluding steroid dienone is 2. The standard InChI is InChI=1S/C10H14O4.C7H10O3/c1-7(9(11)12)5-3-4-6-8(2)10(13)14;1-5(2)7(8)10-4-6-3-9-6/h5-6H,3-4H2,1-2H3,(H,11,12)(H,13,14);6H,1,3-4H2,2H3. The summed E-state index contributed by atoms with van der Waals surface area (Å²) in [6.45, 7) is 9.16. The van der Waals surface area contributed by atoms with Crippen LogP contribution < -0.4 is 0 Å². The first-order chi connectivity index (χ1) is 11.1. The minimum absolute atomic E-state index is 0.142. The molecule has 1 unspecified atom stereocenters. The lowest BCUT2D eigenvalue weighted by molar-refractivity contribution is -0.139. The molecule has 0 amide bonds. The fraction of sp³-hybridized carbons (Fsp3) is 0.471. The first-order valence-electron chi connectivity index (χ1n) is 7.39. The van der Waals surface area contributed by atoms with Gasteiger partial charge in [-0.25, -0.2) is 14.4 Å². The maximum absolute atomic E-state index is 10.7. The van der Waals surface area contributed by atoms with Crippen LogP contribution in [0, 0.1) is 0 Å². The molecule has 0 aromatic heterocycles. The monoisotopic (exact) mass is 340 g/mol. The molecule has 0 aliphatic carbocycles. The lowest BCUT2D eigenvalue weighted by Crippen LogP contribution is -2.09. The molecule has 1 aliphatic heterocycles. The molecule has 24 heavy (non-hydrogen) atoms. The highest BCUT2D eigenvalue weighted by Crippen LogP contribution is 2.09. The molecule has 1 aliphatic rings. The van der Waals surface area contributed by atoms with Crippen LogP contribution in [0.15, 0.2) is 35.5 Å². The number of aliphatic carboxylic acids is 2. The highest BCUT2D eigenvalue weighted by atomic mass is 16.6. The van der Waals surface area contributed by atoms with Gasteiger partial charge in [-0.15, -0.1) is 0 Å². The number of esters is 1. The Kier molecular flexibility index (Phi) is 10.1. The van der Waals surface area contributed by atoms with Crippen LogP contribution in [0.3, 0.4) is 0 Å². The van der Waals surface area contributed by atoms with Gasteiger partial charge in [0.05, 0.1) is 6.61 Å². The molecule has 0 saturated carbocycles. The van der Waals surface area contributed by atoms with E-state index in [9.17, 15) is 14.4 Å². The van der Waals surface area contributed by atoms with Crippen LogP contribution in [0.25, 0.3) is 0 Å². The predicted molar refractivity (Wildman–Crippen MR) is 87.5 cm³/mol. The number of rotatable bonds is 8. The summed E-state index contributed by atoms with van der Waals surface area (Å²) in [5.41, 5.74) is 0.999. The lowest BCUT2D eigenvalue weighted by Gasteiger charge is -1.99. The molecule has 7 nitrogen and oxygen atoms in total. The zero-order valence-electron chi connectivity index (χ0n) is 14.2. The van der Waals surface area contributed by atoms with Gasteiger partial charge >= 0.3 is 17.9 Å². The van der Waals surface area contributed by atoms with E-state index in [2.05, 4.69) is 6.58 Å². The lowest BCUT2D eigenvalue weighted by atomic mass is 10.1. The van der Waals surface area contributed by atoms with Crippen LogP contribution >= 0.6 is 0 Å². The van der Waals surface area contributed by atoms with Crippen molar-refractivity contribution in [1.82, 2.24) is 0 Å². The Morgan fingerprint density at radius 1 is 1.08 bits per heavy atom. The van der Waals surface area contributed by atoms with E-state index in [0.29, 0.717) is 31.6 Å². The molecule has 7 heteroatoms. The van der Waals surface area contributed by atoms with Gasteiger partial charge in [-0.2, -0.15) is 0 Å². The van der Waals surface area contributed by atoms with Crippen molar-refractivity contribution in [1.29, 1.82) is 0 Å². The average molecular weight is 340 g/mol. The van der Waals surface area contributed by atoms with E-state index in [0.717, 1.165) is 0 Å². The summed E-state index contributed by atoms with van der Waals surface area (Å²) in [4.78, 5) is 31.4. The summed E-state index contributed by atoms with van der Waals surface area (Å²) < 4.78 is 9.60. The summed E-state index contributed by atoms with van der Waals surface area (Å²) in [7, 11) is 0. The molecule has 1 saturated heterocycles. The molecule has 0 aromatic rings.